The Morgan fingerprint density at radius 1 is 1.15 bits per heavy atom. The number of carbonyl (C=O) groups is 2. The van der Waals surface area contributed by atoms with Crippen LogP contribution in [0.3, 0.4) is 0 Å². The first-order chi connectivity index (χ1) is 15.8. The minimum Gasteiger partial charge on any atom is -0.493 e. The number of hydrogen-bond acceptors (Lipinski definition) is 6. The van der Waals surface area contributed by atoms with Gasteiger partial charge in [-0.05, 0) is 30.5 Å². The van der Waals surface area contributed by atoms with Gasteiger partial charge in [0, 0.05) is 36.9 Å². The van der Waals surface area contributed by atoms with Crippen LogP contribution in [-0.4, -0.2) is 49.1 Å². The smallest absolute Gasteiger partial charge is 0.314 e. The van der Waals surface area contributed by atoms with E-state index in [1.807, 2.05) is 24.3 Å². The molecule has 0 saturated carbocycles. The molecule has 3 aromatic rings. The van der Waals surface area contributed by atoms with E-state index in [2.05, 4.69) is 17.2 Å². The number of fused-ring (bicyclic) bond motifs is 1. The van der Waals surface area contributed by atoms with Gasteiger partial charge in [-0.2, -0.15) is 0 Å². The average Bonchev–Trinajstić information content (AvgIpc) is 2.81. The standard InChI is InChI=1S/C24H29N5O4/c1-4-15-8-5-6-9-18(15)28-22-16-12-21(33-11-7-10-29(2)24(26)31)20(32-3)13-19(16)27-14-17(22)23(25)30/h5-6,8-9,12-14H,4,7,10-11H2,1-3H3,(H2,25,30)(H2,26,31)(H,27,28). The van der Waals surface area contributed by atoms with Gasteiger partial charge in [-0.3, -0.25) is 9.78 Å². The topological polar surface area (TPSA) is 133 Å². The summed E-state index contributed by atoms with van der Waals surface area (Å²) in [6.07, 6.45) is 2.86. The summed E-state index contributed by atoms with van der Waals surface area (Å²) >= 11 is 0. The van der Waals surface area contributed by atoms with E-state index in [4.69, 9.17) is 20.9 Å². The highest BCUT2D eigenvalue weighted by Gasteiger charge is 2.18. The van der Waals surface area contributed by atoms with Gasteiger partial charge in [0.05, 0.1) is 30.5 Å². The minimum absolute atomic E-state index is 0.271. The van der Waals surface area contributed by atoms with Gasteiger partial charge in [-0.15, -0.1) is 0 Å². The summed E-state index contributed by atoms with van der Waals surface area (Å²) < 4.78 is 11.4. The summed E-state index contributed by atoms with van der Waals surface area (Å²) in [6.45, 7) is 2.86. The Morgan fingerprint density at radius 3 is 2.58 bits per heavy atom. The van der Waals surface area contributed by atoms with Gasteiger partial charge >= 0.3 is 6.03 Å². The van der Waals surface area contributed by atoms with E-state index in [-0.39, 0.29) is 5.56 Å². The lowest BCUT2D eigenvalue weighted by Gasteiger charge is -2.18. The van der Waals surface area contributed by atoms with Gasteiger partial charge in [-0.25, -0.2) is 4.79 Å². The van der Waals surface area contributed by atoms with Crippen LogP contribution in [0.15, 0.2) is 42.6 Å². The summed E-state index contributed by atoms with van der Waals surface area (Å²) in [4.78, 5) is 29.2. The van der Waals surface area contributed by atoms with Crippen LogP contribution in [0.1, 0.15) is 29.3 Å². The first-order valence-electron chi connectivity index (χ1n) is 10.6. The molecule has 9 heteroatoms. The van der Waals surface area contributed by atoms with Crippen LogP contribution in [0.2, 0.25) is 0 Å². The number of urea groups is 1. The Labute approximate surface area is 192 Å². The molecule has 3 amide bonds. The first kappa shape index (κ1) is 23.6. The van der Waals surface area contributed by atoms with Crippen molar-refractivity contribution in [3.8, 4) is 11.5 Å². The molecule has 0 aliphatic carbocycles. The van der Waals surface area contributed by atoms with E-state index >= 15 is 0 Å². The molecule has 0 unspecified atom stereocenters. The van der Waals surface area contributed by atoms with Crippen molar-refractivity contribution in [1.29, 1.82) is 0 Å². The van der Waals surface area contributed by atoms with Gasteiger partial charge < -0.3 is 31.2 Å². The quantitative estimate of drug-likeness (QED) is 0.405. The van der Waals surface area contributed by atoms with Crippen LogP contribution < -0.4 is 26.3 Å². The fourth-order valence-corrected chi connectivity index (χ4v) is 3.47. The van der Waals surface area contributed by atoms with Crippen LogP contribution in [0, 0.1) is 0 Å². The van der Waals surface area contributed by atoms with E-state index < -0.39 is 11.9 Å². The number of rotatable bonds is 10. The molecule has 2 aromatic carbocycles. The van der Waals surface area contributed by atoms with Crippen LogP contribution in [0.5, 0.6) is 11.5 Å². The number of pyridine rings is 1. The van der Waals surface area contributed by atoms with Crippen LogP contribution in [0.25, 0.3) is 10.9 Å². The predicted molar refractivity (Wildman–Crippen MR) is 128 cm³/mol. The second kappa shape index (κ2) is 10.5. The molecule has 0 fully saturated rings. The monoisotopic (exact) mass is 451 g/mol. The summed E-state index contributed by atoms with van der Waals surface area (Å²) in [5.41, 5.74) is 14.3. The largest absolute Gasteiger partial charge is 0.493 e. The Kier molecular flexibility index (Phi) is 7.55. The highest BCUT2D eigenvalue weighted by molar-refractivity contribution is 6.08. The third-order valence-electron chi connectivity index (χ3n) is 5.35. The summed E-state index contributed by atoms with van der Waals surface area (Å²) in [5.74, 6) is 0.403. The molecule has 1 heterocycles. The molecule has 174 valence electrons. The lowest BCUT2D eigenvalue weighted by Crippen LogP contribution is -2.33. The van der Waals surface area contributed by atoms with Crippen molar-refractivity contribution >= 4 is 34.2 Å². The maximum atomic E-state index is 12.2. The van der Waals surface area contributed by atoms with Crippen LogP contribution in [-0.2, 0) is 6.42 Å². The molecule has 0 aliphatic rings. The van der Waals surface area contributed by atoms with Crippen molar-refractivity contribution < 1.29 is 19.1 Å². The molecule has 33 heavy (non-hydrogen) atoms. The third-order valence-corrected chi connectivity index (χ3v) is 5.35. The second-order valence-corrected chi connectivity index (χ2v) is 7.53. The number of aromatic nitrogens is 1. The number of aryl methyl sites for hydroxylation is 1. The molecular formula is C24H29N5O4. The molecule has 5 N–H and O–H groups in total. The second-order valence-electron chi connectivity index (χ2n) is 7.53. The van der Waals surface area contributed by atoms with E-state index in [0.29, 0.717) is 47.7 Å². The number of nitrogens with zero attached hydrogens (tertiary/aromatic N) is 2. The van der Waals surface area contributed by atoms with Crippen molar-refractivity contribution in [2.75, 3.05) is 32.6 Å². The normalized spacial score (nSPS) is 10.6. The minimum atomic E-state index is -0.589. The maximum absolute atomic E-state index is 12.2. The molecule has 9 nitrogen and oxygen atoms in total. The van der Waals surface area contributed by atoms with Gasteiger partial charge in [0.25, 0.3) is 5.91 Å². The highest BCUT2D eigenvalue weighted by atomic mass is 16.5. The van der Waals surface area contributed by atoms with Crippen LogP contribution in [0.4, 0.5) is 16.2 Å². The molecule has 3 rings (SSSR count). The molecular weight excluding hydrogens is 422 g/mol. The first-order valence-corrected chi connectivity index (χ1v) is 10.6. The fourth-order valence-electron chi connectivity index (χ4n) is 3.47. The van der Waals surface area contributed by atoms with Crippen molar-refractivity contribution in [1.82, 2.24) is 9.88 Å². The summed E-state index contributed by atoms with van der Waals surface area (Å²) in [7, 11) is 3.17. The van der Waals surface area contributed by atoms with E-state index in [0.717, 1.165) is 17.7 Å². The van der Waals surface area contributed by atoms with Crippen LogP contribution >= 0.6 is 0 Å². The molecule has 0 radical (unpaired) electrons. The van der Waals surface area contributed by atoms with E-state index in [1.165, 1.54) is 11.1 Å². The molecule has 0 atom stereocenters. The number of nitrogens with one attached hydrogen (secondary N) is 1. The zero-order chi connectivity index (χ0) is 24.0. The van der Waals surface area contributed by atoms with Crippen molar-refractivity contribution in [2.45, 2.75) is 19.8 Å². The number of nitrogens with two attached hydrogens (primary N) is 2. The number of carbonyl (C=O) groups excluding carboxylic acids is 2. The number of hydrogen-bond donors (Lipinski definition) is 3. The van der Waals surface area contributed by atoms with E-state index in [9.17, 15) is 9.59 Å². The number of ether oxygens (including phenoxy) is 2. The number of anilines is 2. The van der Waals surface area contributed by atoms with Gasteiger partial charge in [-0.1, -0.05) is 25.1 Å². The highest BCUT2D eigenvalue weighted by Crippen LogP contribution is 2.37. The SMILES string of the molecule is CCc1ccccc1Nc1c(C(N)=O)cnc2cc(OC)c(OCCCN(C)C(N)=O)cc12. The Morgan fingerprint density at radius 2 is 1.91 bits per heavy atom. The zero-order valence-electron chi connectivity index (χ0n) is 19.1. The van der Waals surface area contributed by atoms with Crippen molar-refractivity contribution in [2.24, 2.45) is 11.5 Å². The lowest BCUT2D eigenvalue weighted by atomic mass is 10.1. The predicted octanol–water partition coefficient (Wildman–Crippen LogP) is 3.43. The number of benzene rings is 2. The maximum Gasteiger partial charge on any atom is 0.314 e. The molecule has 0 aliphatic heterocycles. The summed E-state index contributed by atoms with van der Waals surface area (Å²) in [6, 6.07) is 10.9. The number of methoxy groups -OCH3 is 1. The number of primary amides is 2. The zero-order valence-corrected chi connectivity index (χ0v) is 19.1. The third kappa shape index (κ3) is 5.43. The van der Waals surface area contributed by atoms with Gasteiger partial charge in [0.1, 0.15) is 0 Å². The Balaban J connectivity index is 2.01. The van der Waals surface area contributed by atoms with E-state index in [1.54, 1.807) is 26.3 Å². The Bertz CT molecular complexity index is 1170. The lowest BCUT2D eigenvalue weighted by molar-refractivity contribution is 0.100. The molecule has 0 saturated heterocycles. The van der Waals surface area contributed by atoms with Crippen molar-refractivity contribution in [3.63, 3.8) is 0 Å². The Hall–Kier alpha value is -4.01. The molecule has 1 aromatic heterocycles. The summed E-state index contributed by atoms with van der Waals surface area (Å²) in [5, 5.41) is 4.05. The number of amides is 3. The molecule has 0 spiro atoms. The fraction of sp³-hybridized carbons (Fsp3) is 0.292. The molecule has 0 bridgehead atoms. The van der Waals surface area contributed by atoms with Crippen molar-refractivity contribution in [3.05, 3.63) is 53.7 Å². The number of para-hydroxylation sites is 1. The average molecular weight is 452 g/mol. The van der Waals surface area contributed by atoms with Gasteiger partial charge in [0.2, 0.25) is 0 Å². The van der Waals surface area contributed by atoms with Gasteiger partial charge in [0.15, 0.2) is 11.5 Å².